The van der Waals surface area contributed by atoms with Crippen molar-refractivity contribution >= 4 is 34.7 Å². The molecule has 0 radical (unpaired) electrons. The van der Waals surface area contributed by atoms with Gasteiger partial charge in [0.25, 0.3) is 5.56 Å². The molecule has 1 heterocycles. The van der Waals surface area contributed by atoms with Crippen LogP contribution in [-0.2, 0) is 9.47 Å². The molecule has 2 aromatic rings. The van der Waals surface area contributed by atoms with Crippen molar-refractivity contribution in [1.82, 2.24) is 9.55 Å². The molecule has 0 aliphatic rings. The Balaban J connectivity index is 2.45. The van der Waals surface area contributed by atoms with Crippen molar-refractivity contribution in [2.75, 3.05) is 32.8 Å². The molecule has 1 aromatic carbocycles. The maximum absolute atomic E-state index is 13.0. The van der Waals surface area contributed by atoms with Crippen LogP contribution in [-0.4, -0.2) is 37.0 Å². The van der Waals surface area contributed by atoms with E-state index in [2.05, 4.69) is 10.3 Å². The summed E-state index contributed by atoms with van der Waals surface area (Å²) in [6, 6.07) is 3.24. The molecule has 2 rings (SSSR count). The molecular weight excluding hydrogens is 377 g/mol. The SMILES string of the molecule is COCCC(COC)n1cc(C)nc(Nc2c(C)cc(Cl)cc2Cl)c1=O. The molecule has 0 bridgehead atoms. The molecule has 1 unspecified atom stereocenters. The second-order valence-electron chi connectivity index (χ2n) is 6.04. The van der Waals surface area contributed by atoms with Crippen LogP contribution in [0.3, 0.4) is 0 Å². The number of hydrogen-bond donors (Lipinski definition) is 1. The smallest absolute Gasteiger partial charge is 0.294 e. The summed E-state index contributed by atoms with van der Waals surface area (Å²) in [6.45, 7) is 4.61. The Bertz CT molecular complexity index is 801. The van der Waals surface area contributed by atoms with E-state index in [9.17, 15) is 4.79 Å². The van der Waals surface area contributed by atoms with Crippen molar-refractivity contribution in [2.24, 2.45) is 0 Å². The Kier molecular flexibility index (Phi) is 7.46. The molecule has 1 N–H and O–H groups in total. The summed E-state index contributed by atoms with van der Waals surface area (Å²) in [5.41, 5.74) is 1.88. The first-order chi connectivity index (χ1) is 12.4. The number of anilines is 2. The summed E-state index contributed by atoms with van der Waals surface area (Å²) in [7, 11) is 3.23. The summed E-state index contributed by atoms with van der Waals surface area (Å²) in [4.78, 5) is 17.3. The van der Waals surface area contributed by atoms with Crippen LogP contribution in [0.4, 0.5) is 11.5 Å². The number of methoxy groups -OCH3 is 2. The van der Waals surface area contributed by atoms with Gasteiger partial charge in [0.15, 0.2) is 5.82 Å². The highest BCUT2D eigenvalue weighted by molar-refractivity contribution is 6.36. The van der Waals surface area contributed by atoms with Gasteiger partial charge >= 0.3 is 0 Å². The van der Waals surface area contributed by atoms with Crippen LogP contribution in [0.5, 0.6) is 0 Å². The van der Waals surface area contributed by atoms with Gasteiger partial charge in [-0.15, -0.1) is 0 Å². The zero-order valence-corrected chi connectivity index (χ0v) is 16.8. The zero-order valence-electron chi connectivity index (χ0n) is 15.3. The average Bonchev–Trinajstić information content (AvgIpc) is 2.57. The van der Waals surface area contributed by atoms with Gasteiger partial charge < -0.3 is 19.4 Å². The number of aromatic nitrogens is 2. The lowest BCUT2D eigenvalue weighted by molar-refractivity contribution is 0.119. The number of halogens is 2. The van der Waals surface area contributed by atoms with Gasteiger partial charge in [-0.05, 0) is 38.0 Å². The van der Waals surface area contributed by atoms with Crippen molar-refractivity contribution < 1.29 is 9.47 Å². The predicted molar refractivity (Wildman–Crippen MR) is 105 cm³/mol. The molecule has 0 fully saturated rings. The summed E-state index contributed by atoms with van der Waals surface area (Å²) in [5, 5.41) is 4.03. The molecule has 0 saturated carbocycles. The summed E-state index contributed by atoms with van der Waals surface area (Å²) >= 11 is 12.3. The van der Waals surface area contributed by atoms with E-state index in [0.29, 0.717) is 41.1 Å². The van der Waals surface area contributed by atoms with Crippen LogP contribution in [0.15, 0.2) is 23.1 Å². The largest absolute Gasteiger partial charge is 0.385 e. The Morgan fingerprint density at radius 1 is 1.23 bits per heavy atom. The van der Waals surface area contributed by atoms with E-state index in [0.717, 1.165) is 5.56 Å². The minimum atomic E-state index is -0.251. The number of nitrogens with one attached hydrogen (secondary N) is 1. The molecule has 0 aliphatic heterocycles. The maximum atomic E-state index is 13.0. The van der Waals surface area contributed by atoms with Gasteiger partial charge in [0.05, 0.1) is 29.1 Å². The Morgan fingerprint density at radius 3 is 2.58 bits per heavy atom. The fraction of sp³-hybridized carbons (Fsp3) is 0.444. The third kappa shape index (κ3) is 4.98. The molecule has 1 atom stereocenters. The molecule has 26 heavy (non-hydrogen) atoms. The van der Waals surface area contributed by atoms with Crippen molar-refractivity contribution in [3.05, 3.63) is 50.0 Å². The summed E-state index contributed by atoms with van der Waals surface area (Å²) < 4.78 is 12.0. The van der Waals surface area contributed by atoms with E-state index in [-0.39, 0.29) is 17.4 Å². The van der Waals surface area contributed by atoms with Crippen molar-refractivity contribution in [2.45, 2.75) is 26.3 Å². The van der Waals surface area contributed by atoms with Crippen LogP contribution in [0, 0.1) is 13.8 Å². The van der Waals surface area contributed by atoms with Gasteiger partial charge in [0, 0.05) is 32.0 Å². The Hall–Kier alpha value is -1.60. The monoisotopic (exact) mass is 399 g/mol. The quantitative estimate of drug-likeness (QED) is 0.722. The highest BCUT2D eigenvalue weighted by Gasteiger charge is 2.17. The summed E-state index contributed by atoms with van der Waals surface area (Å²) in [5.74, 6) is 0.204. The first kappa shape index (κ1) is 20.7. The number of rotatable bonds is 8. The van der Waals surface area contributed by atoms with Gasteiger partial charge in [0.1, 0.15) is 0 Å². The molecular formula is C18H23Cl2N3O3. The van der Waals surface area contributed by atoms with Crippen LogP contribution in [0.2, 0.25) is 10.0 Å². The van der Waals surface area contributed by atoms with Gasteiger partial charge in [0.2, 0.25) is 0 Å². The minimum Gasteiger partial charge on any atom is -0.385 e. The Labute approximate surface area is 163 Å². The molecule has 6 nitrogen and oxygen atoms in total. The average molecular weight is 400 g/mol. The lowest BCUT2D eigenvalue weighted by Gasteiger charge is -2.20. The third-order valence-electron chi connectivity index (χ3n) is 3.95. The number of hydrogen-bond acceptors (Lipinski definition) is 5. The number of nitrogens with zero attached hydrogens (tertiary/aromatic N) is 2. The van der Waals surface area contributed by atoms with Crippen LogP contribution in [0.25, 0.3) is 0 Å². The van der Waals surface area contributed by atoms with Gasteiger partial charge in [-0.3, -0.25) is 4.79 Å². The van der Waals surface area contributed by atoms with Gasteiger partial charge in [-0.2, -0.15) is 0 Å². The first-order valence-corrected chi connectivity index (χ1v) is 8.93. The minimum absolute atomic E-state index is 0.156. The topological polar surface area (TPSA) is 65.4 Å². The van der Waals surface area contributed by atoms with Crippen LogP contribution < -0.4 is 10.9 Å². The van der Waals surface area contributed by atoms with Crippen LogP contribution in [0.1, 0.15) is 23.7 Å². The fourth-order valence-corrected chi connectivity index (χ4v) is 3.36. The lowest BCUT2D eigenvalue weighted by atomic mass is 10.2. The molecule has 8 heteroatoms. The first-order valence-electron chi connectivity index (χ1n) is 8.17. The second-order valence-corrected chi connectivity index (χ2v) is 6.88. The van der Waals surface area contributed by atoms with Crippen molar-refractivity contribution in [3.63, 3.8) is 0 Å². The summed E-state index contributed by atoms with van der Waals surface area (Å²) in [6.07, 6.45) is 2.37. The number of ether oxygens (including phenoxy) is 2. The second kappa shape index (κ2) is 9.37. The predicted octanol–water partition coefficient (Wildman–Crippen LogP) is 4.13. The zero-order chi connectivity index (χ0) is 19.3. The van der Waals surface area contributed by atoms with Gasteiger partial charge in [-0.25, -0.2) is 4.98 Å². The normalized spacial score (nSPS) is 12.2. The highest BCUT2D eigenvalue weighted by Crippen LogP contribution is 2.31. The lowest BCUT2D eigenvalue weighted by Crippen LogP contribution is -2.30. The molecule has 0 amide bonds. The Morgan fingerprint density at radius 2 is 1.96 bits per heavy atom. The molecule has 0 aliphatic carbocycles. The standard InChI is InChI=1S/C18H23Cl2N3O3/c1-11-7-13(19)8-15(20)16(11)22-17-18(24)23(9-12(2)21-17)14(10-26-4)5-6-25-3/h7-9,14H,5-6,10H2,1-4H3,(H,21,22). The van der Waals surface area contributed by atoms with E-state index in [1.165, 1.54) is 0 Å². The third-order valence-corrected chi connectivity index (χ3v) is 4.47. The van der Waals surface area contributed by atoms with Gasteiger partial charge in [-0.1, -0.05) is 23.2 Å². The van der Waals surface area contributed by atoms with Crippen LogP contribution >= 0.6 is 23.2 Å². The molecule has 0 spiro atoms. The van der Waals surface area contributed by atoms with E-state index < -0.39 is 0 Å². The van der Waals surface area contributed by atoms with E-state index in [1.807, 2.05) is 13.8 Å². The van der Waals surface area contributed by atoms with Crippen molar-refractivity contribution in [3.8, 4) is 0 Å². The maximum Gasteiger partial charge on any atom is 0.294 e. The number of aryl methyl sites for hydroxylation is 2. The van der Waals surface area contributed by atoms with E-state index >= 15 is 0 Å². The number of benzene rings is 1. The fourth-order valence-electron chi connectivity index (χ4n) is 2.72. The molecule has 142 valence electrons. The van der Waals surface area contributed by atoms with Crippen molar-refractivity contribution in [1.29, 1.82) is 0 Å². The molecule has 0 saturated heterocycles. The van der Waals surface area contributed by atoms with E-state index in [4.69, 9.17) is 32.7 Å². The molecule has 1 aromatic heterocycles. The highest BCUT2D eigenvalue weighted by atomic mass is 35.5. The van der Waals surface area contributed by atoms with E-state index in [1.54, 1.807) is 37.1 Å².